The van der Waals surface area contributed by atoms with Gasteiger partial charge in [-0.05, 0) is 61.4 Å². The Kier molecular flexibility index (Phi) is 5.83. The van der Waals surface area contributed by atoms with Crippen molar-refractivity contribution in [3.05, 3.63) is 59.4 Å². The number of anilines is 1. The summed E-state index contributed by atoms with van der Waals surface area (Å²) in [6.07, 6.45) is 0.273. The van der Waals surface area contributed by atoms with Crippen molar-refractivity contribution in [1.82, 2.24) is 15.2 Å². The van der Waals surface area contributed by atoms with Gasteiger partial charge in [-0.25, -0.2) is 4.98 Å². The number of carbonyl (C=O) groups is 1. The van der Waals surface area contributed by atoms with Crippen LogP contribution in [0.25, 0.3) is 11.4 Å². The fourth-order valence-electron chi connectivity index (χ4n) is 2.72. The maximum absolute atomic E-state index is 12.1. The van der Waals surface area contributed by atoms with Crippen molar-refractivity contribution in [3.63, 3.8) is 0 Å². The molecule has 0 spiro atoms. The van der Waals surface area contributed by atoms with E-state index in [9.17, 15) is 4.79 Å². The van der Waals surface area contributed by atoms with Gasteiger partial charge in [0, 0.05) is 11.3 Å². The number of rotatable bonds is 7. The quantitative estimate of drug-likeness (QED) is 0.597. The van der Waals surface area contributed by atoms with Gasteiger partial charge in [0.1, 0.15) is 11.6 Å². The minimum atomic E-state index is -0.101. The first kappa shape index (κ1) is 18.6. The Hall–Kier alpha value is -3.19. The zero-order chi connectivity index (χ0) is 19.2. The molecule has 27 heavy (non-hydrogen) atoms. The molecule has 4 N–H and O–H groups in total. The first-order valence-corrected chi connectivity index (χ1v) is 8.76. The van der Waals surface area contributed by atoms with E-state index in [0.29, 0.717) is 30.5 Å². The highest BCUT2D eigenvalue weighted by molar-refractivity contribution is 5.91. The molecule has 0 aliphatic rings. The number of aryl methyl sites for hydroxylation is 2. The predicted molar refractivity (Wildman–Crippen MR) is 104 cm³/mol. The highest BCUT2D eigenvalue weighted by Crippen LogP contribution is 2.19. The van der Waals surface area contributed by atoms with Crippen LogP contribution in [0.1, 0.15) is 23.4 Å². The average Bonchev–Trinajstić information content (AvgIpc) is 3.11. The molecule has 0 radical (unpaired) electrons. The fraction of sp³-hybridized carbons (Fsp3) is 0.250. The Balaban J connectivity index is 1.50. The van der Waals surface area contributed by atoms with Crippen LogP contribution in [-0.2, 0) is 11.3 Å². The first-order valence-electron chi connectivity index (χ1n) is 8.76. The van der Waals surface area contributed by atoms with E-state index in [0.717, 1.165) is 22.4 Å². The van der Waals surface area contributed by atoms with Gasteiger partial charge in [0.05, 0.1) is 19.6 Å². The lowest BCUT2D eigenvalue weighted by Crippen LogP contribution is -2.15. The van der Waals surface area contributed by atoms with E-state index in [-0.39, 0.29) is 12.3 Å². The molecule has 3 rings (SSSR count). The summed E-state index contributed by atoms with van der Waals surface area (Å²) in [5.74, 6) is 1.89. The predicted octanol–water partition coefficient (Wildman–Crippen LogP) is 2.95. The number of H-pyrrole nitrogens is 1. The largest absolute Gasteiger partial charge is 0.493 e. The number of benzene rings is 2. The summed E-state index contributed by atoms with van der Waals surface area (Å²) in [6.45, 7) is 4.67. The second kappa shape index (κ2) is 8.46. The minimum absolute atomic E-state index is 0.101. The molecule has 0 fully saturated rings. The van der Waals surface area contributed by atoms with E-state index < -0.39 is 0 Å². The summed E-state index contributed by atoms with van der Waals surface area (Å²) < 4.78 is 5.67. The average molecular weight is 365 g/mol. The highest BCUT2D eigenvalue weighted by Gasteiger charge is 2.07. The van der Waals surface area contributed by atoms with E-state index in [4.69, 9.17) is 10.5 Å². The number of hydrogen-bond acceptors (Lipinski definition) is 5. The lowest BCUT2D eigenvalue weighted by molar-refractivity contribution is -0.116. The lowest BCUT2D eigenvalue weighted by Gasteiger charge is -2.09. The van der Waals surface area contributed by atoms with Crippen molar-refractivity contribution in [3.8, 4) is 17.1 Å². The molecule has 140 valence electrons. The number of nitrogens with two attached hydrogens (primary N) is 1. The number of nitrogens with zero attached hydrogens (tertiary/aromatic N) is 2. The molecule has 0 saturated heterocycles. The van der Waals surface area contributed by atoms with E-state index >= 15 is 0 Å². The second-order valence-corrected chi connectivity index (χ2v) is 6.36. The Morgan fingerprint density at radius 1 is 1.15 bits per heavy atom. The molecule has 0 atom stereocenters. The van der Waals surface area contributed by atoms with Crippen molar-refractivity contribution >= 4 is 11.6 Å². The minimum Gasteiger partial charge on any atom is -0.493 e. The number of nitrogens with one attached hydrogen (secondary N) is 2. The Morgan fingerprint density at radius 3 is 2.48 bits per heavy atom. The summed E-state index contributed by atoms with van der Waals surface area (Å²) in [4.78, 5) is 16.4. The van der Waals surface area contributed by atoms with E-state index in [1.54, 1.807) is 0 Å². The van der Waals surface area contributed by atoms with Crippen LogP contribution in [0.5, 0.6) is 5.75 Å². The van der Waals surface area contributed by atoms with Gasteiger partial charge in [-0.2, -0.15) is 5.10 Å². The van der Waals surface area contributed by atoms with Gasteiger partial charge in [0.25, 0.3) is 0 Å². The Labute approximate surface area is 158 Å². The molecule has 0 unspecified atom stereocenters. The van der Waals surface area contributed by atoms with Crippen LogP contribution in [0, 0.1) is 13.8 Å². The standard InChI is InChI=1S/C20H23N5O2/c1-13-9-14(2)11-17(10-13)27-8-7-19(26)22-16-5-3-15(4-6-16)20-23-18(12-21)24-25-20/h3-6,9-11H,7-8,12,21H2,1-2H3,(H,22,26)(H,23,24,25). The van der Waals surface area contributed by atoms with Gasteiger partial charge >= 0.3 is 0 Å². The molecule has 2 aromatic carbocycles. The van der Waals surface area contributed by atoms with Crippen molar-refractivity contribution in [2.45, 2.75) is 26.8 Å². The number of hydrogen-bond donors (Lipinski definition) is 3. The molecule has 1 aromatic heterocycles. The summed E-state index contributed by atoms with van der Waals surface area (Å²) in [5, 5.41) is 9.74. The van der Waals surface area contributed by atoms with Crippen LogP contribution >= 0.6 is 0 Å². The van der Waals surface area contributed by atoms with Gasteiger partial charge in [-0.15, -0.1) is 0 Å². The van der Waals surface area contributed by atoms with Crippen molar-refractivity contribution in [2.24, 2.45) is 5.73 Å². The maximum Gasteiger partial charge on any atom is 0.227 e. The third-order valence-corrected chi connectivity index (χ3v) is 3.94. The number of carbonyl (C=O) groups excluding carboxylic acids is 1. The van der Waals surface area contributed by atoms with E-state index in [1.165, 1.54) is 0 Å². The van der Waals surface area contributed by atoms with Gasteiger partial charge in [0.15, 0.2) is 5.82 Å². The Morgan fingerprint density at radius 2 is 1.85 bits per heavy atom. The Bertz CT molecular complexity index is 898. The maximum atomic E-state index is 12.1. The molecular weight excluding hydrogens is 342 g/mol. The number of ether oxygens (including phenoxy) is 1. The zero-order valence-corrected chi connectivity index (χ0v) is 15.5. The van der Waals surface area contributed by atoms with Crippen LogP contribution in [0.2, 0.25) is 0 Å². The van der Waals surface area contributed by atoms with Gasteiger partial charge in [-0.1, -0.05) is 6.07 Å². The van der Waals surface area contributed by atoms with Crippen molar-refractivity contribution in [1.29, 1.82) is 0 Å². The zero-order valence-electron chi connectivity index (χ0n) is 15.5. The summed E-state index contributed by atoms with van der Waals surface area (Å²) >= 11 is 0. The summed E-state index contributed by atoms with van der Waals surface area (Å²) in [7, 11) is 0. The number of aromatic amines is 1. The molecule has 7 nitrogen and oxygen atoms in total. The molecule has 0 aliphatic carbocycles. The summed E-state index contributed by atoms with van der Waals surface area (Å²) in [6, 6.07) is 13.3. The van der Waals surface area contributed by atoms with E-state index in [2.05, 4.69) is 26.6 Å². The van der Waals surface area contributed by atoms with Gasteiger partial charge in [-0.3, -0.25) is 9.89 Å². The third-order valence-electron chi connectivity index (χ3n) is 3.94. The monoisotopic (exact) mass is 365 g/mol. The number of amides is 1. The molecular formula is C20H23N5O2. The summed E-state index contributed by atoms with van der Waals surface area (Å²) in [5.41, 5.74) is 9.36. The smallest absolute Gasteiger partial charge is 0.227 e. The van der Waals surface area contributed by atoms with Crippen LogP contribution in [0.15, 0.2) is 42.5 Å². The van der Waals surface area contributed by atoms with Crippen LogP contribution in [-0.4, -0.2) is 27.7 Å². The topological polar surface area (TPSA) is 106 Å². The third kappa shape index (κ3) is 5.15. The SMILES string of the molecule is Cc1cc(C)cc(OCCC(=O)Nc2ccc(-c3n[nH]c(CN)n3)cc2)c1. The van der Waals surface area contributed by atoms with Gasteiger partial charge in [0.2, 0.25) is 5.91 Å². The first-order chi connectivity index (χ1) is 13.0. The molecule has 0 aliphatic heterocycles. The van der Waals surface area contributed by atoms with Crippen molar-refractivity contribution < 1.29 is 9.53 Å². The molecule has 3 aromatic rings. The highest BCUT2D eigenvalue weighted by atomic mass is 16.5. The van der Waals surface area contributed by atoms with Crippen LogP contribution < -0.4 is 15.8 Å². The molecule has 1 amide bonds. The second-order valence-electron chi connectivity index (χ2n) is 6.36. The molecule has 0 bridgehead atoms. The van der Waals surface area contributed by atoms with E-state index in [1.807, 2.05) is 50.2 Å². The lowest BCUT2D eigenvalue weighted by atomic mass is 10.1. The molecule has 0 saturated carbocycles. The van der Waals surface area contributed by atoms with Crippen LogP contribution in [0.3, 0.4) is 0 Å². The molecule has 7 heteroatoms. The fourth-order valence-corrected chi connectivity index (χ4v) is 2.72. The number of aromatic nitrogens is 3. The molecule has 1 heterocycles. The van der Waals surface area contributed by atoms with Crippen molar-refractivity contribution in [2.75, 3.05) is 11.9 Å². The normalized spacial score (nSPS) is 10.6. The van der Waals surface area contributed by atoms with Gasteiger partial charge < -0.3 is 15.8 Å². The van der Waals surface area contributed by atoms with Crippen LogP contribution in [0.4, 0.5) is 5.69 Å².